The van der Waals surface area contributed by atoms with E-state index in [2.05, 4.69) is 4.98 Å². The fraction of sp³-hybridized carbons (Fsp3) is 0.312. The lowest BCUT2D eigenvalue weighted by Gasteiger charge is -2.18. The van der Waals surface area contributed by atoms with Gasteiger partial charge in [0.15, 0.2) is 0 Å². The third-order valence-electron chi connectivity index (χ3n) is 3.88. The molecule has 1 aliphatic heterocycles. The van der Waals surface area contributed by atoms with Crippen LogP contribution in [0.25, 0.3) is 0 Å². The summed E-state index contributed by atoms with van der Waals surface area (Å²) in [6.45, 7) is 4.33. The summed E-state index contributed by atoms with van der Waals surface area (Å²) in [5, 5.41) is 0. The third-order valence-corrected chi connectivity index (χ3v) is 3.88. The first-order valence-electron chi connectivity index (χ1n) is 6.92. The molecule has 1 aliphatic rings. The highest BCUT2D eigenvalue weighted by Gasteiger charge is 2.36. The molecule has 1 aromatic heterocycles. The predicted octanol–water partition coefficient (Wildman–Crippen LogP) is 1.81. The van der Waals surface area contributed by atoms with Crippen LogP contribution in [0.1, 0.15) is 27.3 Å². The van der Waals surface area contributed by atoms with Crippen molar-refractivity contribution in [2.45, 2.75) is 20.3 Å². The van der Waals surface area contributed by atoms with Crippen LogP contribution in [0.3, 0.4) is 0 Å². The highest BCUT2D eigenvalue weighted by Crippen LogP contribution is 2.33. The van der Waals surface area contributed by atoms with Gasteiger partial charge in [0.25, 0.3) is 11.7 Å². The molecule has 1 amide bonds. The van der Waals surface area contributed by atoms with Crippen LogP contribution in [0.4, 0.5) is 5.69 Å². The van der Waals surface area contributed by atoms with E-state index < -0.39 is 11.7 Å². The van der Waals surface area contributed by atoms with Crippen molar-refractivity contribution in [2.75, 3.05) is 11.4 Å². The van der Waals surface area contributed by atoms with Gasteiger partial charge in [-0.1, -0.05) is 6.07 Å². The van der Waals surface area contributed by atoms with Crippen molar-refractivity contribution in [1.29, 1.82) is 0 Å². The van der Waals surface area contributed by atoms with Crippen LogP contribution in [0, 0.1) is 13.8 Å². The molecule has 0 spiro atoms. The number of carbonyl (C=O) groups is 2. The number of carbonyl (C=O) groups excluding carboxylic acids is 2. The quantitative estimate of drug-likeness (QED) is 0.807. The number of ketones is 1. The highest BCUT2D eigenvalue weighted by atomic mass is 16.2. The molecule has 0 fully saturated rings. The Morgan fingerprint density at radius 3 is 2.62 bits per heavy atom. The summed E-state index contributed by atoms with van der Waals surface area (Å²) in [6, 6.07) is 3.79. The zero-order valence-corrected chi connectivity index (χ0v) is 12.4. The molecule has 0 unspecified atom stereocenters. The van der Waals surface area contributed by atoms with Gasteiger partial charge in [-0.15, -0.1) is 0 Å². The number of anilines is 1. The van der Waals surface area contributed by atoms with Gasteiger partial charge >= 0.3 is 0 Å². The maximum atomic E-state index is 12.2. The molecule has 5 heteroatoms. The summed E-state index contributed by atoms with van der Waals surface area (Å²) >= 11 is 0. The molecule has 0 N–H and O–H groups in total. The number of fused-ring (bicyclic) bond motifs is 1. The molecule has 0 bridgehead atoms. The molecule has 0 atom stereocenters. The number of amides is 1. The van der Waals surface area contributed by atoms with E-state index in [9.17, 15) is 9.59 Å². The van der Waals surface area contributed by atoms with Gasteiger partial charge in [-0.2, -0.15) is 0 Å². The van der Waals surface area contributed by atoms with Crippen LogP contribution in [-0.2, 0) is 18.3 Å². The smallest absolute Gasteiger partial charge is 0.299 e. The number of hydrogen-bond acceptors (Lipinski definition) is 3. The molecule has 2 heterocycles. The maximum Gasteiger partial charge on any atom is 0.299 e. The van der Waals surface area contributed by atoms with Crippen molar-refractivity contribution in [1.82, 2.24) is 9.55 Å². The number of aromatic nitrogens is 2. The standard InChI is InChI=1S/C16H17N3O2/c1-10-8-11(2)14-12(9-10)15(20)16(21)19(14)6-4-13-17-5-7-18(13)3/h5,7-9H,4,6H2,1-3H3. The zero-order valence-electron chi connectivity index (χ0n) is 12.4. The molecule has 108 valence electrons. The molecule has 0 saturated carbocycles. The molecule has 0 saturated heterocycles. The van der Waals surface area contributed by atoms with Crippen molar-refractivity contribution < 1.29 is 9.59 Å². The van der Waals surface area contributed by atoms with Gasteiger partial charge in [-0.25, -0.2) is 4.98 Å². The Balaban J connectivity index is 1.93. The Kier molecular flexibility index (Phi) is 3.12. The maximum absolute atomic E-state index is 12.2. The molecular formula is C16H17N3O2. The van der Waals surface area contributed by atoms with Crippen molar-refractivity contribution in [3.8, 4) is 0 Å². The van der Waals surface area contributed by atoms with Crippen LogP contribution in [0.15, 0.2) is 24.5 Å². The Morgan fingerprint density at radius 1 is 1.19 bits per heavy atom. The Morgan fingerprint density at radius 2 is 1.95 bits per heavy atom. The van der Waals surface area contributed by atoms with E-state index in [1.54, 1.807) is 17.2 Å². The first-order chi connectivity index (χ1) is 9.99. The van der Waals surface area contributed by atoms with Crippen LogP contribution < -0.4 is 4.90 Å². The second-order valence-electron chi connectivity index (χ2n) is 5.47. The van der Waals surface area contributed by atoms with E-state index in [1.165, 1.54) is 0 Å². The first kappa shape index (κ1) is 13.5. The van der Waals surface area contributed by atoms with E-state index in [0.717, 1.165) is 22.6 Å². The third kappa shape index (κ3) is 2.14. The average Bonchev–Trinajstić information content (AvgIpc) is 2.93. The molecular weight excluding hydrogens is 266 g/mol. The topological polar surface area (TPSA) is 55.2 Å². The molecule has 5 nitrogen and oxygen atoms in total. The number of aryl methyl sites for hydroxylation is 3. The highest BCUT2D eigenvalue weighted by molar-refractivity contribution is 6.52. The number of Topliss-reactive ketones (excluding diaryl/α,β-unsaturated/α-hetero) is 1. The number of nitrogens with zero attached hydrogens (tertiary/aromatic N) is 3. The van der Waals surface area contributed by atoms with Crippen molar-refractivity contribution in [3.05, 3.63) is 47.0 Å². The number of imidazole rings is 1. The van der Waals surface area contributed by atoms with Gasteiger partial charge in [0, 0.05) is 32.4 Å². The van der Waals surface area contributed by atoms with Crippen molar-refractivity contribution >= 4 is 17.4 Å². The lowest BCUT2D eigenvalue weighted by Crippen LogP contribution is -2.32. The van der Waals surface area contributed by atoms with Crippen LogP contribution in [0.5, 0.6) is 0 Å². The molecule has 21 heavy (non-hydrogen) atoms. The van der Waals surface area contributed by atoms with Crippen LogP contribution >= 0.6 is 0 Å². The van der Waals surface area contributed by atoms with Crippen LogP contribution in [-0.4, -0.2) is 27.8 Å². The average molecular weight is 283 g/mol. The van der Waals surface area contributed by atoms with Crippen molar-refractivity contribution in [3.63, 3.8) is 0 Å². The fourth-order valence-corrected chi connectivity index (χ4v) is 2.89. The summed E-state index contributed by atoms with van der Waals surface area (Å²) in [6.07, 6.45) is 4.22. The summed E-state index contributed by atoms with van der Waals surface area (Å²) < 4.78 is 1.92. The monoisotopic (exact) mass is 283 g/mol. The van der Waals surface area contributed by atoms with E-state index in [0.29, 0.717) is 18.5 Å². The molecule has 0 radical (unpaired) electrons. The fourth-order valence-electron chi connectivity index (χ4n) is 2.89. The second kappa shape index (κ2) is 4.84. The summed E-state index contributed by atoms with van der Waals surface area (Å²) in [4.78, 5) is 30.2. The SMILES string of the molecule is Cc1cc(C)c2c(c1)C(=O)C(=O)N2CCc1nccn1C. The largest absolute Gasteiger partial charge is 0.338 e. The molecule has 3 rings (SSSR count). The van der Waals surface area contributed by atoms with Gasteiger partial charge in [0.2, 0.25) is 0 Å². The van der Waals surface area contributed by atoms with E-state index >= 15 is 0 Å². The van der Waals surface area contributed by atoms with Crippen molar-refractivity contribution in [2.24, 2.45) is 7.05 Å². The minimum atomic E-state index is -0.437. The molecule has 2 aromatic rings. The van der Waals surface area contributed by atoms with Gasteiger partial charge < -0.3 is 9.47 Å². The minimum Gasteiger partial charge on any atom is -0.338 e. The summed E-state index contributed by atoms with van der Waals surface area (Å²) in [7, 11) is 1.92. The van der Waals surface area contributed by atoms with Crippen LogP contribution in [0.2, 0.25) is 0 Å². The number of hydrogen-bond donors (Lipinski definition) is 0. The Labute approximate surface area is 123 Å². The van der Waals surface area contributed by atoms with E-state index in [-0.39, 0.29) is 0 Å². The van der Waals surface area contributed by atoms with Gasteiger partial charge in [0.05, 0.1) is 11.3 Å². The van der Waals surface area contributed by atoms with Gasteiger partial charge in [-0.3, -0.25) is 9.59 Å². The van der Waals surface area contributed by atoms with Gasteiger partial charge in [-0.05, 0) is 31.0 Å². The summed E-state index contributed by atoms with van der Waals surface area (Å²) in [5.74, 6) is 0.0537. The molecule has 1 aromatic carbocycles. The second-order valence-corrected chi connectivity index (χ2v) is 5.47. The number of rotatable bonds is 3. The Bertz CT molecular complexity index is 746. The normalized spacial score (nSPS) is 14.0. The number of benzene rings is 1. The zero-order chi connectivity index (χ0) is 15.1. The Hall–Kier alpha value is -2.43. The molecule has 0 aliphatic carbocycles. The summed E-state index contributed by atoms with van der Waals surface area (Å²) in [5.41, 5.74) is 3.24. The predicted molar refractivity (Wildman–Crippen MR) is 79.5 cm³/mol. The van der Waals surface area contributed by atoms with E-state index in [4.69, 9.17) is 0 Å². The van der Waals surface area contributed by atoms with E-state index in [1.807, 2.05) is 37.7 Å². The lowest BCUT2D eigenvalue weighted by atomic mass is 10.0. The van der Waals surface area contributed by atoms with Gasteiger partial charge in [0.1, 0.15) is 5.82 Å². The minimum absolute atomic E-state index is 0.406. The first-order valence-corrected chi connectivity index (χ1v) is 6.92. The lowest BCUT2D eigenvalue weighted by molar-refractivity contribution is -0.114.